The van der Waals surface area contributed by atoms with E-state index in [1.54, 1.807) is 0 Å². The summed E-state index contributed by atoms with van der Waals surface area (Å²) in [5.41, 5.74) is 1.73. The zero-order chi connectivity index (χ0) is 11.7. The lowest BCUT2D eigenvalue weighted by Gasteiger charge is -2.25. The Balaban J connectivity index is 1.71. The smallest absolute Gasteiger partial charge is 0.114 e. The first-order valence-electron chi connectivity index (χ1n) is 5.94. The molecule has 4 nitrogen and oxygen atoms in total. The van der Waals surface area contributed by atoms with Gasteiger partial charge in [0.05, 0.1) is 24.3 Å². The van der Waals surface area contributed by atoms with Gasteiger partial charge in [-0.25, -0.2) is 4.68 Å². The van der Waals surface area contributed by atoms with Crippen molar-refractivity contribution in [3.8, 4) is 0 Å². The number of ether oxygens (including phenoxy) is 1. The highest BCUT2D eigenvalue weighted by molar-refractivity contribution is 6.34. The molecule has 0 atom stereocenters. The predicted octanol–water partition coefficient (Wildman–Crippen LogP) is 2.65. The minimum Gasteiger partial charge on any atom is -0.376 e. The van der Waals surface area contributed by atoms with E-state index in [2.05, 4.69) is 10.3 Å². The largest absolute Gasteiger partial charge is 0.376 e. The summed E-state index contributed by atoms with van der Waals surface area (Å²) < 4.78 is 7.52. The molecule has 1 aliphatic carbocycles. The van der Waals surface area contributed by atoms with Gasteiger partial charge < -0.3 is 4.74 Å². The number of nitrogens with zero attached hydrogens (tertiary/aromatic N) is 3. The molecule has 3 rings (SSSR count). The number of fused-ring (bicyclic) bond motifs is 1. The van der Waals surface area contributed by atoms with Gasteiger partial charge in [-0.15, -0.1) is 5.10 Å². The molecule has 0 unspecified atom stereocenters. The summed E-state index contributed by atoms with van der Waals surface area (Å²) in [7, 11) is 0. The molecule has 2 aromatic rings. The Bertz CT molecular complexity index is 521. The van der Waals surface area contributed by atoms with Crippen LogP contribution in [0.5, 0.6) is 0 Å². The molecule has 90 valence electrons. The summed E-state index contributed by atoms with van der Waals surface area (Å²) in [4.78, 5) is 0. The quantitative estimate of drug-likeness (QED) is 0.839. The van der Waals surface area contributed by atoms with Crippen molar-refractivity contribution in [3.05, 3.63) is 23.2 Å². The molecule has 0 aliphatic heterocycles. The van der Waals surface area contributed by atoms with E-state index in [4.69, 9.17) is 16.3 Å². The summed E-state index contributed by atoms with van der Waals surface area (Å²) in [5, 5.41) is 8.87. The van der Waals surface area contributed by atoms with E-state index in [1.807, 2.05) is 22.9 Å². The number of rotatable bonds is 4. The SMILES string of the molecule is Clc1cccc2nnn(CCOC3CCC3)c12. The fraction of sp³-hybridized carbons (Fsp3) is 0.500. The van der Waals surface area contributed by atoms with Crippen LogP contribution in [0.2, 0.25) is 5.02 Å². The highest BCUT2D eigenvalue weighted by Gasteiger charge is 2.17. The Morgan fingerprint density at radius 3 is 3.06 bits per heavy atom. The van der Waals surface area contributed by atoms with Crippen LogP contribution in [0.3, 0.4) is 0 Å². The Morgan fingerprint density at radius 2 is 2.29 bits per heavy atom. The number of aromatic nitrogens is 3. The van der Waals surface area contributed by atoms with Gasteiger partial charge in [0.1, 0.15) is 11.0 Å². The van der Waals surface area contributed by atoms with Crippen LogP contribution in [0.15, 0.2) is 18.2 Å². The predicted molar refractivity (Wildman–Crippen MR) is 66.1 cm³/mol. The molecule has 1 aromatic heterocycles. The second kappa shape index (κ2) is 4.63. The Hall–Kier alpha value is -1.13. The van der Waals surface area contributed by atoms with E-state index >= 15 is 0 Å². The van der Waals surface area contributed by atoms with Crippen LogP contribution >= 0.6 is 11.6 Å². The van der Waals surface area contributed by atoms with Crippen molar-refractivity contribution in [2.24, 2.45) is 0 Å². The second-order valence-electron chi connectivity index (χ2n) is 4.34. The van der Waals surface area contributed by atoms with Crippen molar-refractivity contribution in [2.75, 3.05) is 6.61 Å². The summed E-state index contributed by atoms with van der Waals surface area (Å²) in [6.07, 6.45) is 4.14. The molecule has 0 amide bonds. The fourth-order valence-electron chi connectivity index (χ4n) is 1.99. The molecule has 1 heterocycles. The van der Waals surface area contributed by atoms with Gasteiger partial charge in [-0.2, -0.15) is 0 Å². The van der Waals surface area contributed by atoms with Gasteiger partial charge >= 0.3 is 0 Å². The normalized spacial score (nSPS) is 16.3. The topological polar surface area (TPSA) is 39.9 Å². The summed E-state index contributed by atoms with van der Waals surface area (Å²) in [5.74, 6) is 0. The van der Waals surface area contributed by atoms with Gasteiger partial charge in [0.25, 0.3) is 0 Å². The fourth-order valence-corrected chi connectivity index (χ4v) is 2.25. The van der Waals surface area contributed by atoms with E-state index in [1.165, 1.54) is 19.3 Å². The zero-order valence-corrected chi connectivity index (χ0v) is 10.2. The van der Waals surface area contributed by atoms with Crippen LogP contribution in [-0.4, -0.2) is 27.7 Å². The third kappa shape index (κ3) is 2.15. The number of para-hydroxylation sites is 1. The molecule has 1 saturated carbocycles. The van der Waals surface area contributed by atoms with Gasteiger partial charge in [-0.05, 0) is 31.4 Å². The Morgan fingerprint density at radius 1 is 1.41 bits per heavy atom. The molecule has 17 heavy (non-hydrogen) atoms. The summed E-state index contributed by atoms with van der Waals surface area (Å²) >= 11 is 6.14. The van der Waals surface area contributed by atoms with Gasteiger partial charge in [0, 0.05) is 0 Å². The average molecular weight is 252 g/mol. The monoisotopic (exact) mass is 251 g/mol. The van der Waals surface area contributed by atoms with Crippen LogP contribution in [0, 0.1) is 0 Å². The van der Waals surface area contributed by atoms with Gasteiger partial charge in [0.2, 0.25) is 0 Å². The van der Waals surface area contributed by atoms with Crippen LogP contribution in [-0.2, 0) is 11.3 Å². The van der Waals surface area contributed by atoms with E-state index in [0.29, 0.717) is 24.3 Å². The van der Waals surface area contributed by atoms with Crippen LogP contribution in [0.25, 0.3) is 11.0 Å². The third-order valence-electron chi connectivity index (χ3n) is 3.19. The molecular formula is C12H14ClN3O. The maximum atomic E-state index is 6.14. The molecule has 0 bridgehead atoms. The molecule has 0 spiro atoms. The summed E-state index contributed by atoms with van der Waals surface area (Å²) in [6.45, 7) is 1.38. The molecule has 5 heteroatoms. The minimum absolute atomic E-state index is 0.459. The van der Waals surface area contributed by atoms with Crippen molar-refractivity contribution in [3.63, 3.8) is 0 Å². The van der Waals surface area contributed by atoms with Crippen LogP contribution in [0.1, 0.15) is 19.3 Å². The van der Waals surface area contributed by atoms with E-state index in [9.17, 15) is 0 Å². The molecule has 1 aliphatic rings. The number of hydrogen-bond acceptors (Lipinski definition) is 3. The lowest BCUT2D eigenvalue weighted by Crippen LogP contribution is -2.23. The number of benzene rings is 1. The first-order valence-corrected chi connectivity index (χ1v) is 6.32. The molecule has 1 fully saturated rings. The van der Waals surface area contributed by atoms with Crippen molar-refractivity contribution in [2.45, 2.75) is 31.9 Å². The van der Waals surface area contributed by atoms with E-state index in [-0.39, 0.29) is 0 Å². The number of halogens is 1. The van der Waals surface area contributed by atoms with Gasteiger partial charge in [-0.3, -0.25) is 0 Å². The lowest BCUT2D eigenvalue weighted by atomic mass is 9.96. The molecule has 0 radical (unpaired) electrons. The van der Waals surface area contributed by atoms with Crippen LogP contribution in [0.4, 0.5) is 0 Å². The van der Waals surface area contributed by atoms with Crippen LogP contribution < -0.4 is 0 Å². The minimum atomic E-state index is 0.459. The van der Waals surface area contributed by atoms with Gasteiger partial charge in [0.15, 0.2) is 0 Å². The molecular weight excluding hydrogens is 238 g/mol. The lowest BCUT2D eigenvalue weighted by molar-refractivity contribution is -0.00212. The summed E-state index contributed by atoms with van der Waals surface area (Å²) in [6, 6.07) is 5.66. The van der Waals surface area contributed by atoms with Gasteiger partial charge in [-0.1, -0.05) is 22.9 Å². The van der Waals surface area contributed by atoms with Crippen molar-refractivity contribution in [1.29, 1.82) is 0 Å². The van der Waals surface area contributed by atoms with E-state index in [0.717, 1.165) is 11.0 Å². The zero-order valence-electron chi connectivity index (χ0n) is 9.47. The Kier molecular flexibility index (Phi) is 2.99. The molecule has 0 saturated heterocycles. The molecule has 0 N–H and O–H groups in total. The van der Waals surface area contributed by atoms with Crippen molar-refractivity contribution >= 4 is 22.6 Å². The third-order valence-corrected chi connectivity index (χ3v) is 3.50. The maximum absolute atomic E-state index is 6.14. The first-order chi connectivity index (χ1) is 8.34. The highest BCUT2D eigenvalue weighted by Crippen LogP contribution is 2.23. The average Bonchev–Trinajstić information content (AvgIpc) is 2.67. The van der Waals surface area contributed by atoms with Crippen molar-refractivity contribution < 1.29 is 4.74 Å². The highest BCUT2D eigenvalue weighted by atomic mass is 35.5. The van der Waals surface area contributed by atoms with Crippen molar-refractivity contribution in [1.82, 2.24) is 15.0 Å². The molecule has 1 aromatic carbocycles. The van der Waals surface area contributed by atoms with E-state index < -0.39 is 0 Å². The first kappa shape index (κ1) is 11.0. The number of hydrogen-bond donors (Lipinski definition) is 0. The second-order valence-corrected chi connectivity index (χ2v) is 4.75. The maximum Gasteiger partial charge on any atom is 0.114 e. The standard InChI is InChI=1S/C12H14ClN3O/c13-10-5-2-6-11-12(10)16(15-14-11)7-8-17-9-3-1-4-9/h2,5-6,9H,1,3-4,7-8H2. The Labute approximate surface area is 105 Å².